The predicted octanol–water partition coefficient (Wildman–Crippen LogP) is 0.552. The van der Waals surface area contributed by atoms with Crippen molar-refractivity contribution >= 4 is 0 Å². The van der Waals surface area contributed by atoms with Crippen molar-refractivity contribution in [1.29, 1.82) is 0 Å². The monoisotopic (exact) mass is 118 g/mol. The van der Waals surface area contributed by atoms with Crippen LogP contribution >= 0.6 is 0 Å². The Hall–Kier alpha value is -0.340. The number of hydrogen-bond donors (Lipinski definition) is 2. The van der Waals surface area contributed by atoms with Gasteiger partial charge in [-0.1, -0.05) is 0 Å². The van der Waals surface area contributed by atoms with E-state index in [0.29, 0.717) is 6.42 Å². The molecule has 0 spiro atoms. The fraction of sp³-hybridized carbons (Fsp3) is 0.667. The van der Waals surface area contributed by atoms with Crippen molar-refractivity contribution in [2.45, 2.75) is 19.4 Å². The molecule has 0 heterocycles. The van der Waals surface area contributed by atoms with E-state index >= 15 is 0 Å². The van der Waals surface area contributed by atoms with E-state index in [4.69, 9.17) is 10.2 Å². The van der Waals surface area contributed by atoms with Crippen LogP contribution in [0.4, 0.5) is 0 Å². The molecule has 0 saturated heterocycles. The van der Waals surface area contributed by atoms with Crippen molar-refractivity contribution in [1.82, 2.24) is 0 Å². The molecule has 50 valence electrons. The molecule has 0 aromatic carbocycles. The highest BCUT2D eigenvalue weighted by Crippen LogP contribution is 1.83. The van der Waals surface area contributed by atoms with Crippen LogP contribution in [0.5, 0.6) is 0 Å². The fourth-order valence-electron chi connectivity index (χ4n) is 0.187. The summed E-state index contributed by atoms with van der Waals surface area (Å²) in [5.41, 5.74) is 0. The highest BCUT2D eigenvalue weighted by atomic mass is 16.3. The van der Waals surface area contributed by atoms with Crippen molar-refractivity contribution in [3.05, 3.63) is 13.2 Å². The molecule has 0 aliphatic rings. The molecule has 2 N–H and O–H groups in total. The molecular formula is C6H14O2. The first-order valence-electron chi connectivity index (χ1n) is 2.56. The Balaban J connectivity index is 0. The summed E-state index contributed by atoms with van der Waals surface area (Å²) in [5, 5.41) is 16.5. The lowest BCUT2D eigenvalue weighted by molar-refractivity contribution is 0.148. The number of hydrogen-bond acceptors (Lipinski definition) is 2. The van der Waals surface area contributed by atoms with Crippen LogP contribution in [-0.2, 0) is 0 Å². The minimum Gasteiger partial charge on any atom is -0.396 e. The average Bonchev–Trinajstić information content (AvgIpc) is 1.72. The smallest absolute Gasteiger partial charge is 0.0533 e. The summed E-state index contributed by atoms with van der Waals surface area (Å²) >= 11 is 0. The summed E-state index contributed by atoms with van der Waals surface area (Å²) in [5.74, 6) is 0. The Labute approximate surface area is 50.5 Å². The Bertz CT molecular complexity index is 35.5. The summed E-state index contributed by atoms with van der Waals surface area (Å²) in [6, 6.07) is 0. The SMILES string of the molecule is C=C.CC(O)CCO. The lowest BCUT2D eigenvalue weighted by Gasteiger charge is -1.95. The predicted molar refractivity (Wildman–Crippen MR) is 34.6 cm³/mol. The second-order valence-electron chi connectivity index (χ2n) is 1.36. The van der Waals surface area contributed by atoms with Crippen molar-refractivity contribution in [2.75, 3.05) is 6.61 Å². The van der Waals surface area contributed by atoms with Crippen LogP contribution in [0, 0.1) is 0 Å². The first kappa shape index (κ1) is 10.6. The zero-order chi connectivity index (χ0) is 6.99. The maximum Gasteiger partial charge on any atom is 0.0533 e. The Morgan fingerprint density at radius 3 is 1.88 bits per heavy atom. The molecule has 0 aliphatic carbocycles. The van der Waals surface area contributed by atoms with E-state index in [2.05, 4.69) is 13.2 Å². The van der Waals surface area contributed by atoms with Gasteiger partial charge in [-0.05, 0) is 13.3 Å². The second kappa shape index (κ2) is 9.83. The minimum atomic E-state index is -0.352. The van der Waals surface area contributed by atoms with Gasteiger partial charge in [0.05, 0.1) is 6.10 Å². The first-order valence-corrected chi connectivity index (χ1v) is 2.56. The van der Waals surface area contributed by atoms with Crippen LogP contribution < -0.4 is 0 Å². The van der Waals surface area contributed by atoms with Gasteiger partial charge in [-0.15, -0.1) is 13.2 Å². The Morgan fingerprint density at radius 2 is 1.88 bits per heavy atom. The highest BCUT2D eigenvalue weighted by Gasteiger charge is 1.88. The normalized spacial score (nSPS) is 11.4. The van der Waals surface area contributed by atoms with E-state index < -0.39 is 0 Å². The molecule has 1 unspecified atom stereocenters. The van der Waals surface area contributed by atoms with Crippen LogP contribution in [-0.4, -0.2) is 22.9 Å². The van der Waals surface area contributed by atoms with Gasteiger partial charge in [-0.2, -0.15) is 0 Å². The van der Waals surface area contributed by atoms with E-state index in [1.165, 1.54) is 0 Å². The van der Waals surface area contributed by atoms with Crippen molar-refractivity contribution in [2.24, 2.45) is 0 Å². The van der Waals surface area contributed by atoms with E-state index in [9.17, 15) is 0 Å². The number of aliphatic hydroxyl groups is 2. The largest absolute Gasteiger partial charge is 0.396 e. The third kappa shape index (κ3) is 17.4. The first-order chi connectivity index (χ1) is 3.77. The summed E-state index contributed by atoms with van der Waals surface area (Å²) in [6.07, 6.45) is 0.134. The zero-order valence-electron chi connectivity index (χ0n) is 5.30. The average molecular weight is 118 g/mol. The van der Waals surface area contributed by atoms with Gasteiger partial charge in [0.1, 0.15) is 0 Å². The van der Waals surface area contributed by atoms with Crippen molar-refractivity contribution in [3.8, 4) is 0 Å². The fourth-order valence-corrected chi connectivity index (χ4v) is 0.187. The maximum absolute atomic E-state index is 8.39. The van der Waals surface area contributed by atoms with Crippen LogP contribution in [0.1, 0.15) is 13.3 Å². The van der Waals surface area contributed by atoms with Crippen LogP contribution in [0.2, 0.25) is 0 Å². The maximum atomic E-state index is 8.39. The molecule has 2 nitrogen and oxygen atoms in total. The van der Waals surface area contributed by atoms with Gasteiger partial charge < -0.3 is 10.2 Å². The van der Waals surface area contributed by atoms with Crippen LogP contribution in [0.3, 0.4) is 0 Å². The molecule has 0 aromatic heterocycles. The van der Waals surface area contributed by atoms with E-state index in [1.807, 2.05) is 0 Å². The summed E-state index contributed by atoms with van der Waals surface area (Å²) < 4.78 is 0. The lowest BCUT2D eigenvalue weighted by atomic mass is 10.3. The number of rotatable bonds is 2. The second-order valence-corrected chi connectivity index (χ2v) is 1.36. The molecule has 1 atom stereocenters. The van der Waals surface area contributed by atoms with Crippen molar-refractivity contribution in [3.63, 3.8) is 0 Å². The van der Waals surface area contributed by atoms with Gasteiger partial charge in [-0.3, -0.25) is 0 Å². The van der Waals surface area contributed by atoms with Gasteiger partial charge in [0, 0.05) is 6.61 Å². The van der Waals surface area contributed by atoms with Crippen LogP contribution in [0.15, 0.2) is 13.2 Å². The van der Waals surface area contributed by atoms with Gasteiger partial charge in [0.25, 0.3) is 0 Å². The summed E-state index contributed by atoms with van der Waals surface area (Å²) in [6.45, 7) is 7.73. The molecule has 0 aromatic rings. The zero-order valence-corrected chi connectivity index (χ0v) is 5.30. The van der Waals surface area contributed by atoms with Crippen molar-refractivity contribution < 1.29 is 10.2 Å². The molecule has 0 radical (unpaired) electrons. The Morgan fingerprint density at radius 1 is 1.50 bits per heavy atom. The van der Waals surface area contributed by atoms with Gasteiger partial charge >= 0.3 is 0 Å². The molecule has 0 saturated carbocycles. The molecule has 0 rings (SSSR count). The van der Waals surface area contributed by atoms with E-state index in [1.54, 1.807) is 6.92 Å². The molecule has 0 fully saturated rings. The molecule has 0 aliphatic heterocycles. The molecule has 0 amide bonds. The highest BCUT2D eigenvalue weighted by molar-refractivity contribution is 4.40. The molecule has 2 heteroatoms. The quantitative estimate of drug-likeness (QED) is 0.520. The lowest BCUT2D eigenvalue weighted by Crippen LogP contribution is -2.00. The third-order valence-corrected chi connectivity index (χ3v) is 0.547. The molecule has 0 bridgehead atoms. The topological polar surface area (TPSA) is 40.5 Å². The summed E-state index contributed by atoms with van der Waals surface area (Å²) in [4.78, 5) is 0. The third-order valence-electron chi connectivity index (χ3n) is 0.547. The van der Waals surface area contributed by atoms with Crippen LogP contribution in [0.25, 0.3) is 0 Å². The van der Waals surface area contributed by atoms with Gasteiger partial charge in [0.15, 0.2) is 0 Å². The Kier molecular flexibility index (Phi) is 13.0. The molecular weight excluding hydrogens is 104 g/mol. The van der Waals surface area contributed by atoms with E-state index in [-0.39, 0.29) is 12.7 Å². The molecule has 8 heavy (non-hydrogen) atoms. The standard InChI is InChI=1S/C4H10O2.C2H4/c1-4(6)2-3-5;1-2/h4-6H,2-3H2,1H3;1-2H2. The summed E-state index contributed by atoms with van der Waals surface area (Å²) in [7, 11) is 0. The van der Waals surface area contributed by atoms with E-state index in [0.717, 1.165) is 0 Å². The van der Waals surface area contributed by atoms with Gasteiger partial charge in [-0.25, -0.2) is 0 Å². The minimum absolute atomic E-state index is 0.0810. The number of aliphatic hydroxyl groups excluding tert-OH is 2. The van der Waals surface area contributed by atoms with Gasteiger partial charge in [0.2, 0.25) is 0 Å².